The summed E-state index contributed by atoms with van der Waals surface area (Å²) in [5, 5.41) is 4.02. The molecule has 19 heavy (non-hydrogen) atoms. The van der Waals surface area contributed by atoms with Crippen LogP contribution in [0.2, 0.25) is 5.02 Å². The van der Waals surface area contributed by atoms with E-state index in [0.717, 1.165) is 38.2 Å². The fraction of sp³-hybridized carbons (Fsp3) is 0.600. The summed E-state index contributed by atoms with van der Waals surface area (Å²) in [4.78, 5) is 0. The van der Waals surface area contributed by atoms with Gasteiger partial charge >= 0.3 is 0 Å². The Labute approximate surface area is 119 Å². The summed E-state index contributed by atoms with van der Waals surface area (Å²) < 4.78 is 18.6. The molecule has 2 nitrogen and oxygen atoms in total. The van der Waals surface area contributed by atoms with Crippen LogP contribution in [0, 0.1) is 11.7 Å². The van der Waals surface area contributed by atoms with Crippen molar-refractivity contribution in [3.05, 3.63) is 34.6 Å². The first-order valence-electron chi connectivity index (χ1n) is 6.95. The molecule has 0 spiro atoms. The molecule has 106 valence electrons. The molecule has 0 amide bonds. The van der Waals surface area contributed by atoms with E-state index in [4.69, 9.17) is 16.3 Å². The summed E-state index contributed by atoms with van der Waals surface area (Å²) >= 11 is 6.11. The van der Waals surface area contributed by atoms with Crippen molar-refractivity contribution in [1.82, 2.24) is 5.32 Å². The molecule has 1 aliphatic heterocycles. The minimum Gasteiger partial charge on any atom is -0.381 e. The van der Waals surface area contributed by atoms with Crippen LogP contribution < -0.4 is 5.32 Å². The lowest BCUT2D eigenvalue weighted by molar-refractivity contribution is 0.0396. The van der Waals surface area contributed by atoms with Crippen molar-refractivity contribution >= 4 is 11.6 Å². The number of likely N-dealkylation sites (N-methyl/N-ethyl adjacent to an activating group) is 1. The van der Waals surface area contributed by atoms with Crippen LogP contribution >= 0.6 is 11.6 Å². The van der Waals surface area contributed by atoms with Gasteiger partial charge in [-0.1, -0.05) is 24.6 Å². The normalized spacial score (nSPS) is 21.3. The third-order valence-electron chi connectivity index (χ3n) is 3.69. The monoisotopic (exact) mass is 285 g/mol. The Morgan fingerprint density at radius 1 is 1.53 bits per heavy atom. The highest BCUT2D eigenvalue weighted by Gasteiger charge is 2.24. The molecule has 2 rings (SSSR count). The lowest BCUT2D eigenvalue weighted by Crippen LogP contribution is -2.41. The molecular weight excluding hydrogens is 265 g/mol. The van der Waals surface area contributed by atoms with Crippen LogP contribution in [-0.2, 0) is 11.2 Å². The van der Waals surface area contributed by atoms with Gasteiger partial charge in [-0.3, -0.25) is 0 Å². The molecule has 0 aliphatic carbocycles. The first-order chi connectivity index (χ1) is 9.20. The molecule has 1 heterocycles. The first kappa shape index (κ1) is 14.8. The van der Waals surface area contributed by atoms with Gasteiger partial charge in [-0.05, 0) is 49.4 Å². The maximum absolute atomic E-state index is 13.1. The van der Waals surface area contributed by atoms with Crippen molar-refractivity contribution in [3.8, 4) is 0 Å². The molecule has 2 unspecified atom stereocenters. The molecule has 1 saturated heterocycles. The second-order valence-corrected chi connectivity index (χ2v) is 5.49. The highest BCUT2D eigenvalue weighted by atomic mass is 35.5. The molecule has 0 aromatic heterocycles. The first-order valence-corrected chi connectivity index (χ1v) is 7.33. The summed E-state index contributed by atoms with van der Waals surface area (Å²) in [5.41, 5.74) is 1.000. The molecule has 0 radical (unpaired) electrons. The highest BCUT2D eigenvalue weighted by molar-refractivity contribution is 6.31. The van der Waals surface area contributed by atoms with Gasteiger partial charge < -0.3 is 10.1 Å². The van der Waals surface area contributed by atoms with E-state index in [9.17, 15) is 4.39 Å². The summed E-state index contributed by atoms with van der Waals surface area (Å²) in [7, 11) is 0. The highest BCUT2D eigenvalue weighted by Crippen LogP contribution is 2.24. The molecule has 1 aromatic carbocycles. The van der Waals surface area contributed by atoms with Crippen molar-refractivity contribution in [2.45, 2.75) is 32.2 Å². The smallest absolute Gasteiger partial charge is 0.124 e. The molecular formula is C15H21ClFNO. The minimum atomic E-state index is -0.283. The van der Waals surface area contributed by atoms with Crippen molar-refractivity contribution in [2.75, 3.05) is 19.8 Å². The Kier molecular flexibility index (Phi) is 5.61. The van der Waals surface area contributed by atoms with E-state index in [-0.39, 0.29) is 5.82 Å². The molecule has 1 aliphatic rings. The third kappa shape index (κ3) is 4.16. The van der Waals surface area contributed by atoms with Crippen LogP contribution in [0.1, 0.15) is 25.3 Å². The van der Waals surface area contributed by atoms with Crippen molar-refractivity contribution in [3.63, 3.8) is 0 Å². The van der Waals surface area contributed by atoms with Crippen LogP contribution in [0.3, 0.4) is 0 Å². The standard InChI is InChI=1S/C15H21ClFNO/c1-2-18-15(12-4-3-7-19-10-12)8-11-5-6-13(17)9-14(11)16/h5-6,9,12,15,18H,2-4,7-8,10H2,1H3. The predicted octanol–water partition coefficient (Wildman–Crippen LogP) is 3.43. The number of halogens is 2. The number of rotatable bonds is 5. The lowest BCUT2D eigenvalue weighted by Gasteiger charge is -2.31. The van der Waals surface area contributed by atoms with E-state index >= 15 is 0 Å². The van der Waals surface area contributed by atoms with Crippen LogP contribution in [0.15, 0.2) is 18.2 Å². The van der Waals surface area contributed by atoms with E-state index < -0.39 is 0 Å². The second kappa shape index (κ2) is 7.22. The topological polar surface area (TPSA) is 21.3 Å². The van der Waals surface area contributed by atoms with Gasteiger partial charge in [-0.25, -0.2) is 4.39 Å². The summed E-state index contributed by atoms with van der Waals surface area (Å²) in [6.45, 7) is 4.69. The van der Waals surface area contributed by atoms with Crippen molar-refractivity contribution < 1.29 is 9.13 Å². The molecule has 4 heteroatoms. The molecule has 1 N–H and O–H groups in total. The Balaban J connectivity index is 2.06. The van der Waals surface area contributed by atoms with Gasteiger partial charge in [-0.2, -0.15) is 0 Å². The van der Waals surface area contributed by atoms with E-state index in [2.05, 4.69) is 12.2 Å². The predicted molar refractivity (Wildman–Crippen MR) is 76.1 cm³/mol. The summed E-state index contributed by atoms with van der Waals surface area (Å²) in [6, 6.07) is 4.98. The van der Waals surface area contributed by atoms with Gasteiger partial charge in [0.2, 0.25) is 0 Å². The minimum absolute atomic E-state index is 0.283. The average molecular weight is 286 g/mol. The molecule has 0 saturated carbocycles. The Hall–Kier alpha value is -0.640. The van der Waals surface area contributed by atoms with Crippen molar-refractivity contribution in [1.29, 1.82) is 0 Å². The van der Waals surface area contributed by atoms with Crippen LogP contribution in [-0.4, -0.2) is 25.8 Å². The molecule has 0 bridgehead atoms. The molecule has 2 atom stereocenters. The van der Waals surface area contributed by atoms with Crippen LogP contribution in [0.5, 0.6) is 0 Å². The van der Waals surface area contributed by atoms with Gasteiger partial charge in [0.1, 0.15) is 5.82 Å². The number of ether oxygens (including phenoxy) is 1. The van der Waals surface area contributed by atoms with E-state index in [1.807, 2.05) is 0 Å². The molecule has 1 fully saturated rings. The SMILES string of the molecule is CCNC(Cc1ccc(F)cc1Cl)C1CCCOC1. The van der Waals surface area contributed by atoms with E-state index in [1.54, 1.807) is 6.07 Å². The third-order valence-corrected chi connectivity index (χ3v) is 4.04. The maximum Gasteiger partial charge on any atom is 0.124 e. The number of hydrogen-bond acceptors (Lipinski definition) is 2. The van der Waals surface area contributed by atoms with Crippen LogP contribution in [0.25, 0.3) is 0 Å². The number of hydrogen-bond donors (Lipinski definition) is 1. The summed E-state index contributed by atoms with van der Waals surface area (Å²) in [5.74, 6) is 0.226. The Morgan fingerprint density at radius 2 is 2.37 bits per heavy atom. The maximum atomic E-state index is 13.1. The van der Waals surface area contributed by atoms with E-state index in [1.165, 1.54) is 18.6 Å². The van der Waals surface area contributed by atoms with Gasteiger partial charge in [0.25, 0.3) is 0 Å². The quantitative estimate of drug-likeness (QED) is 0.895. The molecule has 1 aromatic rings. The van der Waals surface area contributed by atoms with Crippen molar-refractivity contribution in [2.24, 2.45) is 5.92 Å². The van der Waals surface area contributed by atoms with Gasteiger partial charge in [0.05, 0.1) is 6.61 Å². The lowest BCUT2D eigenvalue weighted by atomic mass is 9.89. The van der Waals surface area contributed by atoms with Gasteiger partial charge in [0, 0.05) is 17.7 Å². The number of benzene rings is 1. The zero-order valence-electron chi connectivity index (χ0n) is 11.3. The Morgan fingerprint density at radius 3 is 3.00 bits per heavy atom. The van der Waals surface area contributed by atoms with Gasteiger partial charge in [0.15, 0.2) is 0 Å². The van der Waals surface area contributed by atoms with Crippen LogP contribution in [0.4, 0.5) is 4.39 Å². The second-order valence-electron chi connectivity index (χ2n) is 5.08. The fourth-order valence-corrected chi connectivity index (χ4v) is 2.92. The largest absolute Gasteiger partial charge is 0.381 e. The summed E-state index contributed by atoms with van der Waals surface area (Å²) in [6.07, 6.45) is 3.11. The fourth-order valence-electron chi connectivity index (χ4n) is 2.67. The zero-order valence-corrected chi connectivity index (χ0v) is 12.0. The van der Waals surface area contributed by atoms with Gasteiger partial charge in [-0.15, -0.1) is 0 Å². The van der Waals surface area contributed by atoms with E-state index in [0.29, 0.717) is 17.0 Å². The number of nitrogens with one attached hydrogen (secondary N) is 1. The Bertz CT molecular complexity index is 407. The zero-order chi connectivity index (χ0) is 13.7. The average Bonchev–Trinajstić information content (AvgIpc) is 2.42.